The van der Waals surface area contributed by atoms with Crippen LogP contribution in [0, 0.1) is 11.7 Å². The third-order valence-electron chi connectivity index (χ3n) is 3.24. The van der Waals surface area contributed by atoms with Crippen LogP contribution in [0.5, 0.6) is 5.75 Å². The monoisotopic (exact) mass is 302 g/mol. The maximum absolute atomic E-state index is 12.7. The number of rotatable bonds is 6. The first-order valence-electron chi connectivity index (χ1n) is 6.52. The summed E-state index contributed by atoms with van der Waals surface area (Å²) in [5.74, 6) is 0.476. The summed E-state index contributed by atoms with van der Waals surface area (Å²) in [6, 6.07) is 5.61. The number of halogens is 2. The van der Waals surface area contributed by atoms with E-state index in [9.17, 15) is 9.18 Å². The van der Waals surface area contributed by atoms with Crippen molar-refractivity contribution >= 4 is 18.3 Å². The molecular formula is C14H20ClFN2O2. The van der Waals surface area contributed by atoms with Crippen molar-refractivity contribution in [1.29, 1.82) is 0 Å². The van der Waals surface area contributed by atoms with E-state index in [1.54, 1.807) is 6.92 Å². The minimum absolute atomic E-state index is 0. The zero-order valence-electron chi connectivity index (χ0n) is 11.3. The molecule has 3 N–H and O–H groups in total. The van der Waals surface area contributed by atoms with Gasteiger partial charge in [-0.15, -0.1) is 12.4 Å². The topological polar surface area (TPSA) is 64.3 Å². The van der Waals surface area contributed by atoms with Gasteiger partial charge in [0.2, 0.25) is 0 Å². The first kappa shape index (κ1) is 16.7. The molecule has 2 unspecified atom stereocenters. The van der Waals surface area contributed by atoms with Crippen molar-refractivity contribution < 1.29 is 13.9 Å². The van der Waals surface area contributed by atoms with Gasteiger partial charge in [-0.05, 0) is 49.9 Å². The molecule has 2 atom stereocenters. The smallest absolute Gasteiger partial charge is 0.260 e. The molecule has 1 aromatic rings. The lowest BCUT2D eigenvalue weighted by Crippen LogP contribution is -2.43. The van der Waals surface area contributed by atoms with Crippen LogP contribution in [0.4, 0.5) is 4.39 Å². The Morgan fingerprint density at radius 3 is 2.60 bits per heavy atom. The summed E-state index contributed by atoms with van der Waals surface area (Å²) in [5, 5.41) is 2.77. The molecule has 0 saturated heterocycles. The van der Waals surface area contributed by atoms with Crippen LogP contribution in [0.2, 0.25) is 0 Å². The number of nitrogens with two attached hydrogens (primary N) is 1. The van der Waals surface area contributed by atoms with Gasteiger partial charge in [-0.3, -0.25) is 4.79 Å². The van der Waals surface area contributed by atoms with Gasteiger partial charge in [-0.1, -0.05) is 0 Å². The zero-order chi connectivity index (χ0) is 13.8. The highest BCUT2D eigenvalue weighted by Gasteiger charge is 2.28. The van der Waals surface area contributed by atoms with Crippen molar-refractivity contribution in [3.05, 3.63) is 30.1 Å². The molecule has 20 heavy (non-hydrogen) atoms. The van der Waals surface area contributed by atoms with Crippen LogP contribution in [-0.4, -0.2) is 24.6 Å². The number of hydrogen-bond donors (Lipinski definition) is 2. The lowest BCUT2D eigenvalue weighted by molar-refractivity contribution is -0.127. The van der Waals surface area contributed by atoms with E-state index < -0.39 is 6.10 Å². The van der Waals surface area contributed by atoms with Crippen LogP contribution in [0.15, 0.2) is 24.3 Å². The van der Waals surface area contributed by atoms with E-state index in [0.717, 1.165) is 12.8 Å². The molecular weight excluding hydrogens is 283 g/mol. The molecule has 112 valence electrons. The van der Waals surface area contributed by atoms with Crippen molar-refractivity contribution in [3.8, 4) is 5.75 Å². The fourth-order valence-corrected chi connectivity index (χ4v) is 1.82. The molecule has 0 heterocycles. The van der Waals surface area contributed by atoms with Gasteiger partial charge in [-0.25, -0.2) is 4.39 Å². The number of carbonyl (C=O) groups is 1. The second kappa shape index (κ2) is 7.45. The average Bonchev–Trinajstić information content (AvgIpc) is 3.22. The van der Waals surface area contributed by atoms with E-state index in [4.69, 9.17) is 10.5 Å². The number of nitrogens with one attached hydrogen (secondary N) is 1. The number of hydrogen-bond acceptors (Lipinski definition) is 3. The predicted octanol–water partition coefficient (Wildman–Crippen LogP) is 1.87. The molecule has 1 aromatic carbocycles. The molecule has 0 aromatic heterocycles. The molecule has 4 nitrogen and oxygen atoms in total. The fraction of sp³-hybridized carbons (Fsp3) is 0.500. The highest BCUT2D eigenvalue weighted by molar-refractivity contribution is 5.85. The molecule has 6 heteroatoms. The molecule has 0 aliphatic heterocycles. The molecule has 0 radical (unpaired) electrons. The Bertz CT molecular complexity index is 437. The minimum Gasteiger partial charge on any atom is -0.481 e. The van der Waals surface area contributed by atoms with Crippen molar-refractivity contribution in [1.82, 2.24) is 5.32 Å². The van der Waals surface area contributed by atoms with Crippen LogP contribution in [0.1, 0.15) is 19.8 Å². The van der Waals surface area contributed by atoms with Crippen LogP contribution < -0.4 is 15.8 Å². The molecule has 1 aliphatic carbocycles. The lowest BCUT2D eigenvalue weighted by Gasteiger charge is -2.16. The molecule has 2 rings (SSSR count). The summed E-state index contributed by atoms with van der Waals surface area (Å²) in [7, 11) is 0. The van der Waals surface area contributed by atoms with E-state index in [0.29, 0.717) is 18.2 Å². The van der Waals surface area contributed by atoms with E-state index in [1.807, 2.05) is 0 Å². The third-order valence-corrected chi connectivity index (χ3v) is 3.24. The van der Waals surface area contributed by atoms with Gasteiger partial charge in [-0.2, -0.15) is 0 Å². The standard InChI is InChI=1S/C14H19FN2O2.ClH/c1-9(19-12-6-4-11(15)5-7-12)14(18)17-8-13(16)10-2-3-10;/h4-7,9-10,13H,2-3,8,16H2,1H3,(H,17,18);1H. The van der Waals surface area contributed by atoms with Gasteiger partial charge >= 0.3 is 0 Å². The van der Waals surface area contributed by atoms with Gasteiger partial charge in [0.1, 0.15) is 11.6 Å². The Balaban J connectivity index is 0.00000200. The van der Waals surface area contributed by atoms with E-state index in [1.165, 1.54) is 24.3 Å². The number of carbonyl (C=O) groups excluding carboxylic acids is 1. The third kappa shape index (κ3) is 4.98. The summed E-state index contributed by atoms with van der Waals surface area (Å²) >= 11 is 0. The van der Waals surface area contributed by atoms with Crippen LogP contribution in [0.25, 0.3) is 0 Å². The second-order valence-corrected chi connectivity index (χ2v) is 4.96. The van der Waals surface area contributed by atoms with Crippen molar-refractivity contribution in [2.24, 2.45) is 11.7 Å². The summed E-state index contributed by atoms with van der Waals surface area (Å²) in [6.07, 6.45) is 1.68. The SMILES string of the molecule is CC(Oc1ccc(F)cc1)C(=O)NCC(N)C1CC1.Cl. The first-order chi connectivity index (χ1) is 9.06. The van der Waals surface area contributed by atoms with Gasteiger partial charge in [0.15, 0.2) is 6.10 Å². The number of benzene rings is 1. The summed E-state index contributed by atoms with van der Waals surface area (Å²) < 4.78 is 18.1. The Morgan fingerprint density at radius 2 is 2.05 bits per heavy atom. The van der Waals surface area contributed by atoms with Crippen molar-refractivity contribution in [3.63, 3.8) is 0 Å². The van der Waals surface area contributed by atoms with Gasteiger partial charge < -0.3 is 15.8 Å². The first-order valence-corrected chi connectivity index (χ1v) is 6.52. The Hall–Kier alpha value is -1.33. The molecule has 1 fully saturated rings. The van der Waals surface area contributed by atoms with Gasteiger partial charge in [0, 0.05) is 12.6 Å². The highest BCUT2D eigenvalue weighted by atomic mass is 35.5. The lowest BCUT2D eigenvalue weighted by atomic mass is 10.2. The molecule has 1 amide bonds. The highest BCUT2D eigenvalue weighted by Crippen LogP contribution is 2.31. The summed E-state index contributed by atoms with van der Waals surface area (Å²) in [5.41, 5.74) is 5.90. The molecule has 1 aliphatic rings. The number of amides is 1. The molecule has 0 bridgehead atoms. The largest absolute Gasteiger partial charge is 0.481 e. The van der Waals surface area contributed by atoms with Gasteiger partial charge in [0.25, 0.3) is 5.91 Å². The predicted molar refractivity (Wildman–Crippen MR) is 77.4 cm³/mol. The molecule has 1 saturated carbocycles. The summed E-state index contributed by atoms with van der Waals surface area (Å²) in [4.78, 5) is 11.8. The second-order valence-electron chi connectivity index (χ2n) is 4.96. The quantitative estimate of drug-likeness (QED) is 0.843. The normalized spacial score (nSPS) is 16.8. The van der Waals surface area contributed by atoms with E-state index in [-0.39, 0.29) is 30.2 Å². The maximum Gasteiger partial charge on any atom is 0.260 e. The van der Waals surface area contributed by atoms with Gasteiger partial charge in [0.05, 0.1) is 0 Å². The fourth-order valence-electron chi connectivity index (χ4n) is 1.82. The van der Waals surface area contributed by atoms with Crippen LogP contribution in [0.3, 0.4) is 0 Å². The van der Waals surface area contributed by atoms with Crippen LogP contribution in [-0.2, 0) is 4.79 Å². The average molecular weight is 303 g/mol. The Morgan fingerprint density at radius 1 is 1.45 bits per heavy atom. The molecule has 0 spiro atoms. The van der Waals surface area contributed by atoms with E-state index >= 15 is 0 Å². The Labute approximate surface area is 124 Å². The van der Waals surface area contributed by atoms with Crippen molar-refractivity contribution in [2.75, 3.05) is 6.54 Å². The van der Waals surface area contributed by atoms with Crippen LogP contribution >= 0.6 is 12.4 Å². The summed E-state index contributed by atoms with van der Waals surface area (Å²) in [6.45, 7) is 2.13. The maximum atomic E-state index is 12.7. The Kier molecular flexibility index (Phi) is 6.23. The zero-order valence-corrected chi connectivity index (χ0v) is 12.2. The van der Waals surface area contributed by atoms with E-state index in [2.05, 4.69) is 5.32 Å². The minimum atomic E-state index is -0.628. The number of ether oxygens (including phenoxy) is 1. The van der Waals surface area contributed by atoms with Crippen molar-refractivity contribution in [2.45, 2.75) is 31.9 Å².